The van der Waals surface area contributed by atoms with Crippen molar-refractivity contribution in [3.05, 3.63) is 70.8 Å². The molecule has 0 bridgehead atoms. The molecule has 4 rings (SSSR count). The van der Waals surface area contributed by atoms with Crippen molar-refractivity contribution in [3.63, 3.8) is 0 Å². The molecule has 2 fully saturated rings. The summed E-state index contributed by atoms with van der Waals surface area (Å²) in [5, 5.41) is 0. The van der Waals surface area contributed by atoms with E-state index in [1.165, 1.54) is 23.8 Å². The van der Waals surface area contributed by atoms with Crippen molar-refractivity contribution in [3.8, 4) is 0 Å². The van der Waals surface area contributed by atoms with E-state index >= 15 is 0 Å². The normalized spacial score (nSPS) is 19.6. The van der Waals surface area contributed by atoms with Crippen molar-refractivity contribution in [2.24, 2.45) is 0 Å². The molecule has 2 aliphatic rings. The Balaban J connectivity index is 1.69. The quantitative estimate of drug-likeness (QED) is 0.251. The summed E-state index contributed by atoms with van der Waals surface area (Å²) in [5.74, 6) is 0. The Morgan fingerprint density at radius 2 is 1.26 bits per heavy atom. The summed E-state index contributed by atoms with van der Waals surface area (Å²) in [7, 11) is 0. The van der Waals surface area contributed by atoms with Crippen LogP contribution in [0.25, 0.3) is 0 Å². The third kappa shape index (κ3) is 5.62. The van der Waals surface area contributed by atoms with Gasteiger partial charge in [0.25, 0.3) is 0 Å². The molecule has 0 aromatic heterocycles. The molecule has 0 spiro atoms. The van der Waals surface area contributed by atoms with Crippen LogP contribution in [0, 0.1) is 0 Å². The monoisotopic (exact) mass is 553 g/mol. The lowest BCUT2D eigenvalue weighted by Crippen LogP contribution is -2.51. The minimum atomic E-state index is -4.49. The van der Waals surface area contributed by atoms with Crippen molar-refractivity contribution in [2.75, 3.05) is 6.54 Å². The van der Waals surface area contributed by atoms with Crippen LogP contribution < -0.4 is 0 Å². The van der Waals surface area contributed by atoms with Gasteiger partial charge in [-0.15, -0.1) is 0 Å². The summed E-state index contributed by atoms with van der Waals surface area (Å²) in [6.07, 6.45) is -5.99. The molecule has 2 aromatic carbocycles. The van der Waals surface area contributed by atoms with Gasteiger partial charge >= 0.3 is 12.4 Å². The summed E-state index contributed by atoms with van der Waals surface area (Å²) in [6, 6.07) is 14.7. The van der Waals surface area contributed by atoms with Crippen molar-refractivity contribution < 1.29 is 26.3 Å². The van der Waals surface area contributed by atoms with Crippen LogP contribution in [-0.4, -0.2) is 35.9 Å². The predicted octanol–water partition coefficient (Wildman–Crippen LogP) is 9.32. The molecule has 216 valence electrons. The predicted molar refractivity (Wildman–Crippen MR) is 144 cm³/mol. The van der Waals surface area contributed by atoms with Crippen LogP contribution in [0.5, 0.6) is 0 Å². The molecule has 7 heteroatoms. The van der Waals surface area contributed by atoms with Crippen LogP contribution >= 0.6 is 0 Å². The molecular weight excluding hydrogens is 512 g/mol. The smallest absolute Gasteiger partial charge is 0.298 e. The number of hydrogen-bond donors (Lipinski definition) is 0. The average Bonchev–Trinajstić information content (AvgIpc) is 2.79. The summed E-state index contributed by atoms with van der Waals surface area (Å²) >= 11 is 0. The Morgan fingerprint density at radius 1 is 0.744 bits per heavy atom. The van der Waals surface area contributed by atoms with Gasteiger partial charge in [0.05, 0.1) is 10.8 Å². The van der Waals surface area contributed by atoms with E-state index in [1.54, 1.807) is 0 Å². The van der Waals surface area contributed by atoms with Crippen molar-refractivity contribution in [1.82, 2.24) is 4.90 Å². The second-order valence-electron chi connectivity index (χ2n) is 11.9. The standard InChI is InChI=1S/C32H41F6N/c1-4-25(39(23(2)3)22-17-24-11-6-5-7-12-24)15-16-26-27(29(18-9-19-29)31(33,34)35)13-8-14-28(26)30(20-10-21-30)32(36,37)38/h5-8,11-14,23,25H,4,9-10,15-22H2,1-3H3. The largest absolute Gasteiger partial charge is 0.398 e. The van der Waals surface area contributed by atoms with Gasteiger partial charge in [-0.05, 0) is 87.5 Å². The fourth-order valence-corrected chi connectivity index (χ4v) is 6.91. The lowest BCUT2D eigenvalue weighted by molar-refractivity contribution is -0.215. The van der Waals surface area contributed by atoms with Gasteiger partial charge in [0, 0.05) is 18.6 Å². The van der Waals surface area contributed by atoms with Crippen LogP contribution in [-0.2, 0) is 23.7 Å². The highest BCUT2D eigenvalue weighted by Gasteiger charge is 2.63. The molecule has 2 saturated carbocycles. The zero-order chi connectivity index (χ0) is 28.5. The second kappa shape index (κ2) is 11.5. The third-order valence-electron chi connectivity index (χ3n) is 9.54. The first-order chi connectivity index (χ1) is 18.4. The van der Waals surface area contributed by atoms with Crippen molar-refractivity contribution in [1.29, 1.82) is 0 Å². The van der Waals surface area contributed by atoms with Crippen LogP contribution in [0.1, 0.15) is 94.4 Å². The molecule has 0 saturated heterocycles. The first-order valence-electron chi connectivity index (χ1n) is 14.4. The number of rotatable bonds is 11. The molecule has 0 aliphatic heterocycles. The van der Waals surface area contributed by atoms with Gasteiger partial charge in [-0.1, -0.05) is 68.3 Å². The Kier molecular flexibility index (Phi) is 8.80. The topological polar surface area (TPSA) is 3.24 Å². The first-order valence-corrected chi connectivity index (χ1v) is 14.4. The maximum absolute atomic E-state index is 14.5. The lowest BCUT2D eigenvalue weighted by Gasteiger charge is -2.48. The summed E-state index contributed by atoms with van der Waals surface area (Å²) in [6.45, 7) is 7.05. The number of halogens is 6. The molecule has 1 nitrogen and oxygen atoms in total. The SMILES string of the molecule is CCC(CCc1c(C2(C(F)(F)F)CCC2)cccc1C1(C(F)(F)F)CCC1)N(CCc1ccccc1)C(C)C. The van der Waals surface area contributed by atoms with Gasteiger partial charge in [0.2, 0.25) is 0 Å². The van der Waals surface area contributed by atoms with E-state index in [-0.39, 0.29) is 55.3 Å². The minimum Gasteiger partial charge on any atom is -0.298 e. The Hall–Kier alpha value is -2.02. The van der Waals surface area contributed by atoms with E-state index in [1.807, 2.05) is 18.2 Å². The van der Waals surface area contributed by atoms with Crippen LogP contribution in [0.15, 0.2) is 48.5 Å². The Morgan fingerprint density at radius 3 is 1.64 bits per heavy atom. The highest BCUT2D eigenvalue weighted by atomic mass is 19.4. The summed E-state index contributed by atoms with van der Waals surface area (Å²) < 4.78 is 87.1. The highest BCUT2D eigenvalue weighted by Crippen LogP contribution is 2.59. The minimum absolute atomic E-state index is 0.0565. The zero-order valence-corrected chi connectivity index (χ0v) is 23.3. The average molecular weight is 554 g/mol. The molecule has 2 aliphatic carbocycles. The van der Waals surface area contributed by atoms with Crippen molar-refractivity contribution >= 4 is 0 Å². The van der Waals surface area contributed by atoms with Gasteiger partial charge in [-0.3, -0.25) is 4.90 Å². The van der Waals surface area contributed by atoms with Crippen molar-refractivity contribution in [2.45, 2.75) is 120 Å². The maximum atomic E-state index is 14.5. The van der Waals surface area contributed by atoms with Crippen LogP contribution in [0.4, 0.5) is 26.3 Å². The molecule has 39 heavy (non-hydrogen) atoms. The fourth-order valence-electron chi connectivity index (χ4n) is 6.91. The van der Waals surface area contributed by atoms with E-state index in [0.717, 1.165) is 19.4 Å². The molecule has 1 atom stereocenters. The van der Waals surface area contributed by atoms with Gasteiger partial charge in [0.1, 0.15) is 0 Å². The maximum Gasteiger partial charge on any atom is 0.398 e. The first kappa shape index (κ1) is 30.0. The molecule has 0 heterocycles. The highest BCUT2D eigenvalue weighted by molar-refractivity contribution is 5.48. The summed E-state index contributed by atoms with van der Waals surface area (Å²) in [5.41, 5.74) is -2.39. The van der Waals surface area contributed by atoms with Crippen LogP contribution in [0.3, 0.4) is 0 Å². The molecular formula is C32H41F6N. The Labute approximate surface area is 229 Å². The lowest BCUT2D eigenvalue weighted by atomic mass is 9.58. The van der Waals surface area contributed by atoms with Gasteiger partial charge in [-0.2, -0.15) is 26.3 Å². The van der Waals surface area contributed by atoms with E-state index in [9.17, 15) is 26.3 Å². The number of alkyl halides is 6. The van der Waals surface area contributed by atoms with E-state index in [0.29, 0.717) is 24.8 Å². The molecule has 0 amide bonds. The second-order valence-corrected chi connectivity index (χ2v) is 11.9. The van der Waals surface area contributed by atoms with E-state index < -0.39 is 23.2 Å². The Bertz CT molecular complexity index is 1030. The van der Waals surface area contributed by atoms with Gasteiger partial charge < -0.3 is 0 Å². The third-order valence-corrected chi connectivity index (χ3v) is 9.54. The van der Waals surface area contributed by atoms with E-state index in [4.69, 9.17) is 0 Å². The number of hydrogen-bond acceptors (Lipinski definition) is 1. The molecule has 2 aromatic rings. The zero-order valence-electron chi connectivity index (χ0n) is 23.3. The molecule has 1 unspecified atom stereocenters. The summed E-state index contributed by atoms with van der Waals surface area (Å²) in [4.78, 5) is 2.36. The van der Waals surface area contributed by atoms with Gasteiger partial charge in [0.15, 0.2) is 0 Å². The van der Waals surface area contributed by atoms with Gasteiger partial charge in [-0.25, -0.2) is 0 Å². The fraction of sp³-hybridized carbons (Fsp3) is 0.625. The molecule has 0 radical (unpaired) electrons. The number of nitrogens with zero attached hydrogens (tertiary/aromatic N) is 1. The van der Waals surface area contributed by atoms with E-state index in [2.05, 4.69) is 37.8 Å². The number of benzene rings is 2. The molecule has 0 N–H and O–H groups in total. The van der Waals surface area contributed by atoms with Crippen LogP contribution in [0.2, 0.25) is 0 Å².